The van der Waals surface area contributed by atoms with Crippen molar-refractivity contribution in [3.05, 3.63) is 94.1 Å². The molecule has 1 N–H and O–H groups in total. The van der Waals surface area contributed by atoms with Gasteiger partial charge in [0.2, 0.25) is 0 Å². The molecule has 0 aliphatic heterocycles. The SMILES string of the molecule is COc1ccc2oc(C(=O)Nc3ccc(Cn4ccccc4=O)cc3)c(C)c2c1. The van der Waals surface area contributed by atoms with Crippen molar-refractivity contribution in [3.8, 4) is 5.75 Å². The van der Waals surface area contributed by atoms with Crippen LogP contribution in [-0.4, -0.2) is 17.6 Å². The van der Waals surface area contributed by atoms with Gasteiger partial charge < -0.3 is 19.0 Å². The van der Waals surface area contributed by atoms with Crippen molar-refractivity contribution in [1.82, 2.24) is 4.57 Å². The Balaban J connectivity index is 1.51. The maximum Gasteiger partial charge on any atom is 0.291 e. The van der Waals surface area contributed by atoms with Crippen LogP contribution in [-0.2, 0) is 6.54 Å². The molecule has 1 amide bonds. The number of nitrogens with one attached hydrogen (secondary N) is 1. The topological polar surface area (TPSA) is 73.5 Å². The van der Waals surface area contributed by atoms with Crippen LogP contribution in [0.4, 0.5) is 5.69 Å². The average molecular weight is 388 g/mol. The smallest absolute Gasteiger partial charge is 0.291 e. The van der Waals surface area contributed by atoms with Crippen molar-refractivity contribution in [2.75, 3.05) is 12.4 Å². The lowest BCUT2D eigenvalue weighted by Gasteiger charge is -2.07. The van der Waals surface area contributed by atoms with Gasteiger partial charge in [-0.3, -0.25) is 9.59 Å². The van der Waals surface area contributed by atoms with E-state index in [1.54, 1.807) is 36.1 Å². The number of amides is 1. The zero-order valence-corrected chi connectivity index (χ0v) is 16.1. The third-order valence-corrected chi connectivity index (χ3v) is 4.81. The molecule has 4 rings (SSSR count). The van der Waals surface area contributed by atoms with Crippen molar-refractivity contribution in [2.24, 2.45) is 0 Å². The van der Waals surface area contributed by atoms with Crippen molar-refractivity contribution >= 4 is 22.6 Å². The highest BCUT2D eigenvalue weighted by molar-refractivity contribution is 6.06. The number of anilines is 1. The molecule has 6 heteroatoms. The summed E-state index contributed by atoms with van der Waals surface area (Å²) in [4.78, 5) is 24.5. The minimum atomic E-state index is -0.315. The molecule has 0 saturated heterocycles. The van der Waals surface area contributed by atoms with Crippen molar-refractivity contribution in [2.45, 2.75) is 13.5 Å². The molecule has 0 aliphatic rings. The number of methoxy groups -OCH3 is 1. The summed E-state index contributed by atoms with van der Waals surface area (Å²) in [7, 11) is 1.60. The Bertz CT molecular complexity index is 1240. The zero-order valence-electron chi connectivity index (χ0n) is 16.1. The van der Waals surface area contributed by atoms with Crippen LogP contribution in [0.3, 0.4) is 0 Å². The monoisotopic (exact) mass is 388 g/mol. The van der Waals surface area contributed by atoms with E-state index >= 15 is 0 Å². The Labute approximate surface area is 167 Å². The van der Waals surface area contributed by atoms with E-state index in [2.05, 4.69) is 5.32 Å². The predicted molar refractivity (Wildman–Crippen MR) is 112 cm³/mol. The lowest BCUT2D eigenvalue weighted by atomic mass is 10.1. The van der Waals surface area contributed by atoms with Gasteiger partial charge in [-0.1, -0.05) is 18.2 Å². The number of aromatic nitrogens is 1. The Hall–Kier alpha value is -3.80. The van der Waals surface area contributed by atoms with Gasteiger partial charge in [0.25, 0.3) is 11.5 Å². The average Bonchev–Trinajstić information content (AvgIpc) is 3.07. The first-order chi connectivity index (χ1) is 14.0. The van der Waals surface area contributed by atoms with E-state index in [4.69, 9.17) is 9.15 Å². The normalized spacial score (nSPS) is 10.8. The quantitative estimate of drug-likeness (QED) is 0.556. The molecule has 2 aromatic carbocycles. The highest BCUT2D eigenvalue weighted by Gasteiger charge is 2.18. The van der Waals surface area contributed by atoms with Crippen LogP contribution in [0.1, 0.15) is 21.7 Å². The van der Waals surface area contributed by atoms with Crippen LogP contribution in [0, 0.1) is 6.92 Å². The summed E-state index contributed by atoms with van der Waals surface area (Å²) in [6, 6.07) is 17.9. The second kappa shape index (κ2) is 7.67. The van der Waals surface area contributed by atoms with Crippen molar-refractivity contribution < 1.29 is 13.9 Å². The molecule has 6 nitrogen and oxygen atoms in total. The van der Waals surface area contributed by atoms with Gasteiger partial charge in [-0.15, -0.1) is 0 Å². The second-order valence-corrected chi connectivity index (χ2v) is 6.74. The lowest BCUT2D eigenvalue weighted by Crippen LogP contribution is -2.18. The number of hydrogen-bond acceptors (Lipinski definition) is 4. The number of hydrogen-bond donors (Lipinski definition) is 1. The van der Waals surface area contributed by atoms with Crippen LogP contribution in [0.25, 0.3) is 11.0 Å². The predicted octanol–water partition coefficient (Wildman–Crippen LogP) is 4.21. The summed E-state index contributed by atoms with van der Waals surface area (Å²) in [6.45, 7) is 2.32. The number of ether oxygens (including phenoxy) is 1. The fourth-order valence-electron chi connectivity index (χ4n) is 3.21. The van der Waals surface area contributed by atoms with Gasteiger partial charge in [0, 0.05) is 28.9 Å². The van der Waals surface area contributed by atoms with Crippen molar-refractivity contribution in [3.63, 3.8) is 0 Å². The molecule has 29 heavy (non-hydrogen) atoms. The fourth-order valence-corrected chi connectivity index (χ4v) is 3.21. The van der Waals surface area contributed by atoms with E-state index in [1.807, 2.05) is 43.3 Å². The number of carbonyl (C=O) groups is 1. The number of nitrogens with zero attached hydrogens (tertiary/aromatic N) is 1. The molecular weight excluding hydrogens is 368 g/mol. The Morgan fingerprint density at radius 1 is 1.10 bits per heavy atom. The van der Waals surface area contributed by atoms with Gasteiger partial charge in [-0.05, 0) is 48.9 Å². The molecule has 0 aliphatic carbocycles. The standard InChI is InChI=1S/C23H20N2O4/c1-15-19-13-18(28-2)10-11-20(19)29-22(15)23(27)24-17-8-6-16(7-9-17)14-25-12-4-3-5-21(25)26/h3-13H,14H2,1-2H3,(H,24,27). The van der Waals surface area contributed by atoms with E-state index in [0.29, 0.717) is 23.6 Å². The van der Waals surface area contributed by atoms with Crippen LogP contribution < -0.4 is 15.6 Å². The van der Waals surface area contributed by atoms with Crippen LogP contribution >= 0.6 is 0 Å². The Morgan fingerprint density at radius 2 is 1.90 bits per heavy atom. The van der Waals surface area contributed by atoms with Gasteiger partial charge >= 0.3 is 0 Å². The first kappa shape index (κ1) is 18.6. The van der Waals surface area contributed by atoms with Gasteiger partial charge in [-0.2, -0.15) is 0 Å². The molecule has 2 aromatic heterocycles. The molecule has 0 atom stereocenters. The molecule has 0 radical (unpaired) electrons. The van der Waals surface area contributed by atoms with Crippen molar-refractivity contribution in [1.29, 1.82) is 0 Å². The summed E-state index contributed by atoms with van der Waals surface area (Å²) < 4.78 is 12.6. The highest BCUT2D eigenvalue weighted by Crippen LogP contribution is 2.29. The number of fused-ring (bicyclic) bond motifs is 1. The first-order valence-electron chi connectivity index (χ1n) is 9.18. The van der Waals surface area contributed by atoms with Gasteiger partial charge in [0.1, 0.15) is 11.3 Å². The summed E-state index contributed by atoms with van der Waals surface area (Å²) in [5.41, 5.74) is 2.95. The van der Waals surface area contributed by atoms with Gasteiger partial charge in [0.05, 0.1) is 13.7 Å². The summed E-state index contributed by atoms with van der Waals surface area (Å²) >= 11 is 0. The molecule has 146 valence electrons. The van der Waals surface area contributed by atoms with E-state index in [1.165, 1.54) is 6.07 Å². The van der Waals surface area contributed by atoms with E-state index < -0.39 is 0 Å². The molecule has 4 aromatic rings. The Morgan fingerprint density at radius 3 is 2.62 bits per heavy atom. The zero-order chi connectivity index (χ0) is 20.4. The largest absolute Gasteiger partial charge is 0.497 e. The van der Waals surface area contributed by atoms with Gasteiger partial charge in [-0.25, -0.2) is 0 Å². The first-order valence-corrected chi connectivity index (χ1v) is 9.18. The maximum absolute atomic E-state index is 12.7. The third kappa shape index (κ3) is 3.78. The number of furan rings is 1. The van der Waals surface area contributed by atoms with E-state index in [-0.39, 0.29) is 17.2 Å². The number of aryl methyl sites for hydroxylation is 1. The lowest BCUT2D eigenvalue weighted by molar-refractivity contribution is 0.0998. The molecular formula is C23H20N2O4. The van der Waals surface area contributed by atoms with Crippen LogP contribution in [0.5, 0.6) is 5.75 Å². The third-order valence-electron chi connectivity index (χ3n) is 4.81. The molecule has 0 bridgehead atoms. The number of rotatable bonds is 5. The molecule has 0 saturated carbocycles. The van der Waals surface area contributed by atoms with Crippen LogP contribution in [0.2, 0.25) is 0 Å². The fraction of sp³-hybridized carbons (Fsp3) is 0.130. The summed E-state index contributed by atoms with van der Waals surface area (Å²) in [5, 5.41) is 3.70. The molecule has 2 heterocycles. The summed E-state index contributed by atoms with van der Waals surface area (Å²) in [6.07, 6.45) is 1.75. The second-order valence-electron chi connectivity index (χ2n) is 6.74. The minimum absolute atomic E-state index is 0.0538. The maximum atomic E-state index is 12.7. The summed E-state index contributed by atoms with van der Waals surface area (Å²) in [5.74, 6) is 0.666. The van der Waals surface area contributed by atoms with E-state index in [9.17, 15) is 9.59 Å². The number of carbonyl (C=O) groups excluding carboxylic acids is 1. The molecule has 0 spiro atoms. The van der Waals surface area contributed by atoms with Crippen LogP contribution in [0.15, 0.2) is 76.1 Å². The van der Waals surface area contributed by atoms with Gasteiger partial charge in [0.15, 0.2) is 5.76 Å². The minimum Gasteiger partial charge on any atom is -0.497 e. The number of pyridine rings is 1. The van der Waals surface area contributed by atoms with E-state index in [0.717, 1.165) is 16.5 Å². The Kier molecular flexibility index (Phi) is 4.91. The molecule has 0 unspecified atom stereocenters. The molecule has 0 fully saturated rings. The number of benzene rings is 2. The highest BCUT2D eigenvalue weighted by atomic mass is 16.5.